The highest BCUT2D eigenvalue weighted by molar-refractivity contribution is 9.10. The molecule has 0 saturated heterocycles. The molecule has 3 nitrogen and oxygen atoms in total. The topological polar surface area (TPSA) is 34.0 Å². The van der Waals surface area contributed by atoms with Crippen molar-refractivity contribution >= 4 is 33.6 Å². The second-order valence-electron chi connectivity index (χ2n) is 4.83. The van der Waals surface area contributed by atoms with Crippen molar-refractivity contribution in [3.05, 3.63) is 22.4 Å². The SMILES string of the molecule is CCSC1CCCC1NC(=O)c1cc(Br)cn1CC. The number of hydrogen-bond donors (Lipinski definition) is 1. The number of carbonyl (C=O) groups excluding carboxylic acids is 1. The van der Waals surface area contributed by atoms with Crippen LogP contribution in [0.1, 0.15) is 43.6 Å². The molecule has 1 fully saturated rings. The molecule has 19 heavy (non-hydrogen) atoms. The van der Waals surface area contributed by atoms with E-state index in [1.807, 2.05) is 28.6 Å². The predicted molar refractivity (Wildman–Crippen MR) is 84.8 cm³/mol. The molecule has 1 aliphatic carbocycles. The summed E-state index contributed by atoms with van der Waals surface area (Å²) in [6, 6.07) is 2.23. The highest BCUT2D eigenvalue weighted by atomic mass is 79.9. The van der Waals surface area contributed by atoms with Gasteiger partial charge in [-0.15, -0.1) is 0 Å². The molecule has 0 spiro atoms. The van der Waals surface area contributed by atoms with Gasteiger partial charge < -0.3 is 9.88 Å². The Morgan fingerprint density at radius 3 is 3.00 bits per heavy atom. The van der Waals surface area contributed by atoms with Gasteiger partial charge in [0.1, 0.15) is 5.69 Å². The normalized spacial score (nSPS) is 22.7. The monoisotopic (exact) mass is 344 g/mol. The second-order valence-corrected chi connectivity index (χ2v) is 7.27. The van der Waals surface area contributed by atoms with E-state index in [0.717, 1.165) is 28.9 Å². The third-order valence-corrected chi connectivity index (χ3v) is 5.35. The highest BCUT2D eigenvalue weighted by Gasteiger charge is 2.29. The Bertz CT molecular complexity index is 447. The Kier molecular flexibility index (Phi) is 5.39. The summed E-state index contributed by atoms with van der Waals surface area (Å²) in [5, 5.41) is 3.80. The first-order valence-electron chi connectivity index (χ1n) is 6.93. The van der Waals surface area contributed by atoms with Crippen molar-refractivity contribution in [2.45, 2.75) is 50.9 Å². The number of nitrogens with zero attached hydrogens (tertiary/aromatic N) is 1. The Balaban J connectivity index is 2.04. The first-order valence-corrected chi connectivity index (χ1v) is 8.78. The lowest BCUT2D eigenvalue weighted by Gasteiger charge is -2.20. The number of amides is 1. The number of rotatable bonds is 5. The van der Waals surface area contributed by atoms with Crippen molar-refractivity contribution in [3.63, 3.8) is 0 Å². The minimum atomic E-state index is 0.0566. The Hall–Kier alpha value is -0.420. The summed E-state index contributed by atoms with van der Waals surface area (Å²) in [5.41, 5.74) is 0.751. The number of thioether (sulfide) groups is 1. The van der Waals surface area contributed by atoms with E-state index in [1.54, 1.807) is 0 Å². The van der Waals surface area contributed by atoms with E-state index in [4.69, 9.17) is 0 Å². The van der Waals surface area contributed by atoms with Crippen LogP contribution in [0.25, 0.3) is 0 Å². The molecule has 0 aliphatic heterocycles. The van der Waals surface area contributed by atoms with Gasteiger partial charge in [-0.2, -0.15) is 11.8 Å². The zero-order valence-corrected chi connectivity index (χ0v) is 13.9. The van der Waals surface area contributed by atoms with Crippen molar-refractivity contribution in [3.8, 4) is 0 Å². The van der Waals surface area contributed by atoms with Crippen LogP contribution in [-0.2, 0) is 6.54 Å². The molecule has 5 heteroatoms. The van der Waals surface area contributed by atoms with Crippen molar-refractivity contribution < 1.29 is 4.79 Å². The summed E-state index contributed by atoms with van der Waals surface area (Å²) >= 11 is 5.41. The van der Waals surface area contributed by atoms with Gasteiger partial charge in [0.25, 0.3) is 5.91 Å². The van der Waals surface area contributed by atoms with Gasteiger partial charge in [-0.05, 0) is 47.5 Å². The zero-order chi connectivity index (χ0) is 13.8. The number of aryl methyl sites for hydroxylation is 1. The smallest absolute Gasteiger partial charge is 0.268 e. The molecule has 2 unspecified atom stereocenters. The summed E-state index contributed by atoms with van der Waals surface area (Å²) in [7, 11) is 0. The van der Waals surface area contributed by atoms with Crippen LogP contribution in [0.4, 0.5) is 0 Å². The molecule has 0 aromatic carbocycles. The van der Waals surface area contributed by atoms with E-state index in [9.17, 15) is 4.79 Å². The maximum Gasteiger partial charge on any atom is 0.268 e. The fraction of sp³-hybridized carbons (Fsp3) is 0.643. The lowest BCUT2D eigenvalue weighted by Crippen LogP contribution is -2.39. The fourth-order valence-electron chi connectivity index (χ4n) is 2.67. The Morgan fingerprint density at radius 2 is 2.32 bits per heavy atom. The first kappa shape index (κ1) is 15.0. The van der Waals surface area contributed by atoms with Crippen LogP contribution in [0.5, 0.6) is 0 Å². The molecule has 2 rings (SSSR count). The summed E-state index contributed by atoms with van der Waals surface area (Å²) < 4.78 is 2.95. The largest absolute Gasteiger partial charge is 0.347 e. The van der Waals surface area contributed by atoms with Crippen LogP contribution in [0, 0.1) is 0 Å². The third-order valence-electron chi connectivity index (χ3n) is 3.59. The van der Waals surface area contributed by atoms with Crippen molar-refractivity contribution in [1.82, 2.24) is 9.88 Å². The summed E-state index contributed by atoms with van der Waals surface area (Å²) in [4.78, 5) is 12.4. The quantitative estimate of drug-likeness (QED) is 0.883. The third kappa shape index (κ3) is 3.57. The molecule has 1 N–H and O–H groups in total. The van der Waals surface area contributed by atoms with Crippen LogP contribution in [0.3, 0.4) is 0 Å². The van der Waals surface area contributed by atoms with Gasteiger partial charge in [0.15, 0.2) is 0 Å². The molecule has 106 valence electrons. The van der Waals surface area contributed by atoms with Gasteiger partial charge in [0.05, 0.1) is 0 Å². The molecule has 2 atom stereocenters. The highest BCUT2D eigenvalue weighted by Crippen LogP contribution is 2.30. The minimum Gasteiger partial charge on any atom is -0.347 e. The molecular formula is C14H21BrN2OS. The molecule has 1 aromatic rings. The van der Waals surface area contributed by atoms with E-state index in [-0.39, 0.29) is 5.91 Å². The average molecular weight is 345 g/mol. The van der Waals surface area contributed by atoms with Crippen molar-refractivity contribution in [2.24, 2.45) is 0 Å². The summed E-state index contributed by atoms with van der Waals surface area (Å²) in [6.45, 7) is 5.04. The Morgan fingerprint density at radius 1 is 1.53 bits per heavy atom. The fourth-order valence-corrected chi connectivity index (χ4v) is 4.34. The van der Waals surface area contributed by atoms with Gasteiger partial charge in [0, 0.05) is 28.5 Å². The van der Waals surface area contributed by atoms with Crippen LogP contribution >= 0.6 is 27.7 Å². The summed E-state index contributed by atoms with van der Waals surface area (Å²) in [5.74, 6) is 1.18. The predicted octanol–water partition coefficient (Wildman–Crippen LogP) is 3.67. The van der Waals surface area contributed by atoms with Gasteiger partial charge in [-0.1, -0.05) is 13.3 Å². The van der Waals surface area contributed by atoms with E-state index in [0.29, 0.717) is 11.3 Å². The van der Waals surface area contributed by atoms with Crippen molar-refractivity contribution in [1.29, 1.82) is 0 Å². The minimum absolute atomic E-state index is 0.0566. The maximum atomic E-state index is 12.4. The zero-order valence-electron chi connectivity index (χ0n) is 11.5. The number of aromatic nitrogens is 1. The lowest BCUT2D eigenvalue weighted by molar-refractivity contribution is 0.0929. The Labute approximate surface area is 127 Å². The van der Waals surface area contributed by atoms with Crippen LogP contribution in [0.15, 0.2) is 16.7 Å². The molecule has 1 amide bonds. The van der Waals surface area contributed by atoms with E-state index in [1.165, 1.54) is 12.8 Å². The number of hydrogen-bond acceptors (Lipinski definition) is 2. The molecule has 1 aliphatic rings. The van der Waals surface area contributed by atoms with Crippen molar-refractivity contribution in [2.75, 3.05) is 5.75 Å². The molecule has 1 aromatic heterocycles. The maximum absolute atomic E-state index is 12.4. The van der Waals surface area contributed by atoms with Gasteiger partial charge in [-0.25, -0.2) is 0 Å². The van der Waals surface area contributed by atoms with Crippen LogP contribution in [-0.4, -0.2) is 27.5 Å². The average Bonchev–Trinajstić information content (AvgIpc) is 2.97. The van der Waals surface area contributed by atoms with Gasteiger partial charge >= 0.3 is 0 Å². The second kappa shape index (κ2) is 6.84. The van der Waals surface area contributed by atoms with Gasteiger partial charge in [0.2, 0.25) is 0 Å². The summed E-state index contributed by atoms with van der Waals surface area (Å²) in [6.07, 6.45) is 5.52. The van der Waals surface area contributed by atoms with E-state index >= 15 is 0 Å². The number of carbonyl (C=O) groups is 1. The van der Waals surface area contributed by atoms with Gasteiger partial charge in [-0.3, -0.25) is 4.79 Å². The number of halogens is 1. The standard InChI is InChI=1S/C14H21BrN2OS/c1-3-17-9-10(15)8-12(17)14(18)16-11-6-5-7-13(11)19-4-2/h8-9,11,13H,3-7H2,1-2H3,(H,16,18). The molecule has 0 bridgehead atoms. The van der Waals surface area contributed by atoms with E-state index in [2.05, 4.69) is 35.1 Å². The van der Waals surface area contributed by atoms with E-state index < -0.39 is 0 Å². The van der Waals surface area contributed by atoms with Crippen LogP contribution in [0.2, 0.25) is 0 Å². The molecular weight excluding hydrogens is 324 g/mol. The molecule has 1 saturated carbocycles. The lowest BCUT2D eigenvalue weighted by atomic mass is 10.2. The van der Waals surface area contributed by atoms with Crippen LogP contribution < -0.4 is 5.32 Å². The number of nitrogens with one attached hydrogen (secondary N) is 1. The molecule has 1 heterocycles. The molecule has 0 radical (unpaired) electrons. The first-order chi connectivity index (χ1) is 9.15.